The van der Waals surface area contributed by atoms with Crippen LogP contribution in [0.3, 0.4) is 0 Å². The van der Waals surface area contributed by atoms with Gasteiger partial charge < -0.3 is 9.05 Å². The van der Waals surface area contributed by atoms with Gasteiger partial charge in [-0.2, -0.15) is 0 Å². The smallest absolute Gasteiger partial charge is 0.305 e. The van der Waals surface area contributed by atoms with E-state index in [1.807, 2.05) is 26.0 Å². The number of hydrogen-bond donors (Lipinski definition) is 1. The first-order valence-corrected chi connectivity index (χ1v) is 6.78. The molecule has 1 aromatic rings. The predicted molar refractivity (Wildman–Crippen MR) is 62.1 cm³/mol. The van der Waals surface area contributed by atoms with Crippen molar-refractivity contribution in [1.29, 1.82) is 0 Å². The summed E-state index contributed by atoms with van der Waals surface area (Å²) in [5.41, 5.74) is 1.85. The van der Waals surface area contributed by atoms with E-state index in [2.05, 4.69) is 12.6 Å². The largest absolute Gasteiger partial charge is 0.362 e. The van der Waals surface area contributed by atoms with Crippen LogP contribution in [-0.4, -0.2) is 6.61 Å². The maximum absolute atomic E-state index is 12.3. The van der Waals surface area contributed by atoms with Crippen molar-refractivity contribution in [2.45, 2.75) is 25.3 Å². The molecule has 0 radical (unpaired) electrons. The third-order valence-corrected chi connectivity index (χ3v) is 4.84. The lowest BCUT2D eigenvalue weighted by atomic mass is 10.1. The SMILES string of the molecule is CCOP1(=O)OCc2cc(S)cc(C)c21. The van der Waals surface area contributed by atoms with Crippen LogP contribution in [0.15, 0.2) is 17.0 Å². The van der Waals surface area contributed by atoms with Crippen LogP contribution in [0, 0.1) is 6.92 Å². The van der Waals surface area contributed by atoms with E-state index in [0.717, 1.165) is 21.3 Å². The van der Waals surface area contributed by atoms with Gasteiger partial charge in [-0.15, -0.1) is 12.6 Å². The lowest BCUT2D eigenvalue weighted by Crippen LogP contribution is -2.10. The van der Waals surface area contributed by atoms with Crippen LogP contribution in [0.1, 0.15) is 18.1 Å². The highest BCUT2D eigenvalue weighted by atomic mass is 32.1. The van der Waals surface area contributed by atoms with Gasteiger partial charge >= 0.3 is 7.60 Å². The summed E-state index contributed by atoms with van der Waals surface area (Å²) in [5.74, 6) is 0. The zero-order valence-electron chi connectivity index (χ0n) is 8.69. The minimum atomic E-state index is -3.05. The highest BCUT2D eigenvalue weighted by Gasteiger charge is 2.37. The second kappa shape index (κ2) is 3.95. The summed E-state index contributed by atoms with van der Waals surface area (Å²) in [5, 5.41) is 0.724. The molecule has 15 heavy (non-hydrogen) atoms. The molecule has 5 heteroatoms. The van der Waals surface area contributed by atoms with Gasteiger partial charge in [0.2, 0.25) is 0 Å². The highest BCUT2D eigenvalue weighted by Crippen LogP contribution is 2.53. The Hall–Kier alpha value is -0.280. The third-order valence-electron chi connectivity index (χ3n) is 2.33. The Kier molecular flexibility index (Phi) is 2.95. The van der Waals surface area contributed by atoms with Gasteiger partial charge in [0.05, 0.1) is 18.5 Å². The molecule has 82 valence electrons. The van der Waals surface area contributed by atoms with Crippen LogP contribution in [0.2, 0.25) is 0 Å². The second-order valence-corrected chi connectivity index (χ2v) is 5.93. The Bertz CT molecular complexity index is 445. The number of benzene rings is 1. The Morgan fingerprint density at radius 2 is 2.33 bits per heavy atom. The number of fused-ring (bicyclic) bond motifs is 1. The summed E-state index contributed by atoms with van der Waals surface area (Å²) < 4.78 is 22.8. The van der Waals surface area contributed by atoms with Crippen molar-refractivity contribution in [2.75, 3.05) is 6.61 Å². The van der Waals surface area contributed by atoms with E-state index in [1.165, 1.54) is 0 Å². The molecule has 0 bridgehead atoms. The van der Waals surface area contributed by atoms with Crippen molar-refractivity contribution in [3.05, 3.63) is 23.3 Å². The van der Waals surface area contributed by atoms with E-state index in [4.69, 9.17) is 9.05 Å². The van der Waals surface area contributed by atoms with Crippen LogP contribution < -0.4 is 5.30 Å². The van der Waals surface area contributed by atoms with Gasteiger partial charge in [-0.1, -0.05) is 0 Å². The number of rotatable bonds is 2. The van der Waals surface area contributed by atoms with E-state index in [9.17, 15) is 4.57 Å². The fraction of sp³-hybridized carbons (Fsp3) is 0.400. The van der Waals surface area contributed by atoms with Gasteiger partial charge in [-0.25, -0.2) is 0 Å². The maximum atomic E-state index is 12.3. The van der Waals surface area contributed by atoms with E-state index >= 15 is 0 Å². The molecule has 0 aliphatic carbocycles. The Labute approximate surface area is 94.7 Å². The van der Waals surface area contributed by atoms with Crippen molar-refractivity contribution in [2.24, 2.45) is 0 Å². The van der Waals surface area contributed by atoms with Gasteiger partial charge in [0.25, 0.3) is 0 Å². The zero-order chi connectivity index (χ0) is 11.1. The van der Waals surface area contributed by atoms with Crippen molar-refractivity contribution < 1.29 is 13.6 Å². The Balaban J connectivity index is 2.55. The van der Waals surface area contributed by atoms with Crippen LogP contribution >= 0.6 is 20.2 Å². The minimum Gasteiger partial charge on any atom is -0.305 e. The van der Waals surface area contributed by atoms with Crippen LogP contribution in [0.25, 0.3) is 0 Å². The van der Waals surface area contributed by atoms with Crippen molar-refractivity contribution in [3.8, 4) is 0 Å². The van der Waals surface area contributed by atoms with Gasteiger partial charge in [0.1, 0.15) is 0 Å². The first-order chi connectivity index (χ1) is 7.07. The van der Waals surface area contributed by atoms with Crippen LogP contribution in [0.4, 0.5) is 0 Å². The summed E-state index contributed by atoms with van der Waals surface area (Å²) >= 11 is 4.28. The average Bonchev–Trinajstić information content (AvgIpc) is 2.44. The van der Waals surface area contributed by atoms with Crippen LogP contribution in [0.5, 0.6) is 0 Å². The first-order valence-electron chi connectivity index (χ1n) is 4.79. The molecule has 0 saturated carbocycles. The molecule has 1 heterocycles. The monoisotopic (exact) mass is 244 g/mol. The lowest BCUT2D eigenvalue weighted by Gasteiger charge is -2.13. The van der Waals surface area contributed by atoms with E-state index in [1.54, 1.807) is 0 Å². The van der Waals surface area contributed by atoms with Crippen LogP contribution in [-0.2, 0) is 20.2 Å². The summed E-state index contributed by atoms with van der Waals surface area (Å²) in [6, 6.07) is 3.76. The molecular formula is C10H13O3PS. The Morgan fingerprint density at radius 3 is 3.00 bits per heavy atom. The molecule has 1 atom stereocenters. The van der Waals surface area contributed by atoms with Gasteiger partial charge in [-0.05, 0) is 37.1 Å². The molecule has 1 aromatic carbocycles. The third kappa shape index (κ3) is 1.87. The van der Waals surface area contributed by atoms with E-state index < -0.39 is 7.60 Å². The highest BCUT2D eigenvalue weighted by molar-refractivity contribution is 7.80. The lowest BCUT2D eigenvalue weighted by molar-refractivity contribution is 0.225. The minimum absolute atomic E-state index is 0.349. The molecule has 1 unspecified atom stereocenters. The second-order valence-electron chi connectivity index (χ2n) is 3.46. The zero-order valence-corrected chi connectivity index (χ0v) is 10.5. The maximum Gasteiger partial charge on any atom is 0.362 e. The molecular weight excluding hydrogens is 231 g/mol. The molecule has 0 fully saturated rings. The molecule has 0 spiro atoms. The van der Waals surface area contributed by atoms with Gasteiger partial charge in [-0.3, -0.25) is 4.57 Å². The molecule has 0 N–H and O–H groups in total. The molecule has 3 nitrogen and oxygen atoms in total. The summed E-state index contributed by atoms with van der Waals surface area (Å²) in [7, 11) is -3.05. The quantitative estimate of drug-likeness (QED) is 0.641. The fourth-order valence-corrected chi connectivity index (χ4v) is 4.13. The van der Waals surface area contributed by atoms with Crippen molar-refractivity contribution in [1.82, 2.24) is 0 Å². The van der Waals surface area contributed by atoms with E-state index in [0.29, 0.717) is 13.2 Å². The fourth-order valence-electron chi connectivity index (χ4n) is 1.82. The average molecular weight is 244 g/mol. The summed E-state index contributed by atoms with van der Waals surface area (Å²) in [4.78, 5) is 0.861. The summed E-state index contributed by atoms with van der Waals surface area (Å²) in [6.07, 6.45) is 0. The summed E-state index contributed by atoms with van der Waals surface area (Å²) in [6.45, 7) is 4.45. The number of aryl methyl sites for hydroxylation is 1. The number of hydrogen-bond acceptors (Lipinski definition) is 4. The molecule has 1 aliphatic heterocycles. The molecule has 1 aliphatic rings. The van der Waals surface area contributed by atoms with Gasteiger partial charge in [0, 0.05) is 4.90 Å². The predicted octanol–water partition coefficient (Wildman–Crippen LogP) is 2.67. The normalized spacial score (nSPS) is 24.2. The standard InChI is InChI=1S/C10H13O3PS/c1-3-12-14(11)10-7(2)4-9(15)5-8(10)6-13-14/h4-5,15H,3,6H2,1-2H3. The topological polar surface area (TPSA) is 35.5 Å². The van der Waals surface area contributed by atoms with Gasteiger partial charge in [0.15, 0.2) is 0 Å². The molecule has 0 saturated heterocycles. The molecule has 0 aromatic heterocycles. The van der Waals surface area contributed by atoms with Crippen molar-refractivity contribution >= 4 is 25.5 Å². The Morgan fingerprint density at radius 1 is 1.60 bits per heavy atom. The van der Waals surface area contributed by atoms with E-state index in [-0.39, 0.29) is 0 Å². The number of thiol groups is 1. The molecule has 2 rings (SSSR count). The van der Waals surface area contributed by atoms with Crippen molar-refractivity contribution in [3.63, 3.8) is 0 Å². The molecule has 0 amide bonds. The first kappa shape index (κ1) is 11.2.